The monoisotopic (exact) mass is 232 g/mol. The van der Waals surface area contributed by atoms with Gasteiger partial charge in [-0.1, -0.05) is 17.3 Å². The number of aryl methyl sites for hydroxylation is 1. The molecule has 1 heterocycles. The fourth-order valence-electron chi connectivity index (χ4n) is 1.71. The fraction of sp³-hybridized carbons (Fsp3) is 0.308. The first-order valence-electron chi connectivity index (χ1n) is 5.53. The highest BCUT2D eigenvalue weighted by molar-refractivity contribution is 5.36. The van der Waals surface area contributed by atoms with E-state index in [1.54, 1.807) is 13.3 Å². The molecule has 4 heteroatoms. The minimum Gasteiger partial charge on any atom is -0.496 e. The molecular weight excluding hydrogens is 216 g/mol. The van der Waals surface area contributed by atoms with Gasteiger partial charge in [0, 0.05) is 12.6 Å². The third kappa shape index (κ3) is 3.07. The number of rotatable bonds is 5. The van der Waals surface area contributed by atoms with Gasteiger partial charge in [0.15, 0.2) is 0 Å². The molecular formula is C13H16N2O2. The van der Waals surface area contributed by atoms with E-state index >= 15 is 0 Å². The molecule has 2 rings (SSSR count). The minimum atomic E-state index is 0.686. The largest absolute Gasteiger partial charge is 0.496 e. The predicted molar refractivity (Wildman–Crippen MR) is 64.8 cm³/mol. The molecule has 0 aliphatic heterocycles. The highest BCUT2D eigenvalue weighted by atomic mass is 16.5. The maximum absolute atomic E-state index is 5.22. The number of nitrogens with one attached hydrogen (secondary N) is 1. The van der Waals surface area contributed by atoms with Gasteiger partial charge in [-0.15, -0.1) is 0 Å². The van der Waals surface area contributed by atoms with Crippen LogP contribution in [0.15, 0.2) is 35.0 Å². The summed E-state index contributed by atoms with van der Waals surface area (Å²) in [6, 6.07) is 8.01. The molecule has 17 heavy (non-hydrogen) atoms. The molecule has 0 saturated carbocycles. The first-order chi connectivity index (χ1) is 8.29. The first kappa shape index (κ1) is 11.7. The molecule has 0 amide bonds. The highest BCUT2D eigenvalue weighted by Gasteiger charge is 2.00. The summed E-state index contributed by atoms with van der Waals surface area (Å²) in [4.78, 5) is 0. The Morgan fingerprint density at radius 2 is 2.18 bits per heavy atom. The van der Waals surface area contributed by atoms with E-state index in [1.165, 1.54) is 5.56 Å². The lowest BCUT2D eigenvalue weighted by molar-refractivity contribution is 0.372. The molecule has 0 fully saturated rings. The lowest BCUT2D eigenvalue weighted by atomic mass is 10.1. The molecule has 1 aromatic carbocycles. The average molecular weight is 232 g/mol. The molecule has 0 aliphatic carbocycles. The van der Waals surface area contributed by atoms with Gasteiger partial charge in [0.1, 0.15) is 11.5 Å². The summed E-state index contributed by atoms with van der Waals surface area (Å²) in [5, 5.41) is 6.95. The van der Waals surface area contributed by atoms with Gasteiger partial charge in [-0.05, 0) is 24.1 Å². The molecule has 0 atom stereocenters. The topological polar surface area (TPSA) is 47.3 Å². The van der Waals surface area contributed by atoms with Crippen LogP contribution >= 0.6 is 0 Å². The summed E-state index contributed by atoms with van der Waals surface area (Å²) in [6.45, 7) is 3.52. The van der Waals surface area contributed by atoms with Crippen LogP contribution in [0, 0.1) is 6.92 Å². The van der Waals surface area contributed by atoms with Crippen molar-refractivity contribution >= 4 is 0 Å². The Hall–Kier alpha value is -1.81. The normalized spacial score (nSPS) is 10.5. The van der Waals surface area contributed by atoms with Gasteiger partial charge in [-0.3, -0.25) is 0 Å². The zero-order valence-corrected chi connectivity index (χ0v) is 10.1. The molecule has 90 valence electrons. The lowest BCUT2D eigenvalue weighted by Crippen LogP contribution is -2.12. The van der Waals surface area contributed by atoms with Crippen molar-refractivity contribution in [2.24, 2.45) is 0 Å². The van der Waals surface area contributed by atoms with E-state index in [2.05, 4.69) is 22.6 Å². The number of methoxy groups -OCH3 is 1. The van der Waals surface area contributed by atoms with Crippen LogP contribution in [0.25, 0.3) is 0 Å². The molecule has 0 spiro atoms. The number of ether oxygens (including phenoxy) is 1. The van der Waals surface area contributed by atoms with Gasteiger partial charge in [-0.25, -0.2) is 0 Å². The van der Waals surface area contributed by atoms with Crippen LogP contribution in [-0.2, 0) is 13.1 Å². The van der Waals surface area contributed by atoms with Crippen LogP contribution in [0.2, 0.25) is 0 Å². The summed E-state index contributed by atoms with van der Waals surface area (Å²) in [5.74, 6) is 1.76. The van der Waals surface area contributed by atoms with E-state index in [1.807, 2.05) is 19.1 Å². The van der Waals surface area contributed by atoms with Crippen molar-refractivity contribution in [1.29, 1.82) is 0 Å². The molecule has 0 bridgehead atoms. The van der Waals surface area contributed by atoms with Gasteiger partial charge in [0.25, 0.3) is 0 Å². The Morgan fingerprint density at radius 3 is 2.82 bits per heavy atom. The third-order valence-electron chi connectivity index (χ3n) is 2.58. The van der Waals surface area contributed by atoms with E-state index in [0.717, 1.165) is 23.6 Å². The van der Waals surface area contributed by atoms with Crippen LogP contribution in [0.3, 0.4) is 0 Å². The zero-order valence-electron chi connectivity index (χ0n) is 10.1. The van der Waals surface area contributed by atoms with Gasteiger partial charge >= 0.3 is 0 Å². The smallest absolute Gasteiger partial charge is 0.150 e. The fourth-order valence-corrected chi connectivity index (χ4v) is 1.71. The van der Waals surface area contributed by atoms with Crippen molar-refractivity contribution in [3.63, 3.8) is 0 Å². The Kier molecular flexibility index (Phi) is 3.77. The van der Waals surface area contributed by atoms with Crippen LogP contribution in [0.5, 0.6) is 5.75 Å². The summed E-state index contributed by atoms with van der Waals surface area (Å²) in [6.07, 6.45) is 1.65. The second-order valence-electron chi connectivity index (χ2n) is 3.89. The van der Waals surface area contributed by atoms with E-state index in [9.17, 15) is 0 Å². The number of benzene rings is 1. The van der Waals surface area contributed by atoms with Gasteiger partial charge in [0.05, 0.1) is 19.9 Å². The average Bonchev–Trinajstić information content (AvgIpc) is 2.82. The van der Waals surface area contributed by atoms with E-state index in [-0.39, 0.29) is 0 Å². The van der Waals surface area contributed by atoms with Crippen molar-refractivity contribution in [3.8, 4) is 5.75 Å². The highest BCUT2D eigenvalue weighted by Crippen LogP contribution is 2.18. The second-order valence-corrected chi connectivity index (χ2v) is 3.89. The van der Waals surface area contributed by atoms with Crippen molar-refractivity contribution in [1.82, 2.24) is 10.5 Å². The molecule has 0 unspecified atom stereocenters. The van der Waals surface area contributed by atoms with Crippen molar-refractivity contribution in [2.45, 2.75) is 20.0 Å². The van der Waals surface area contributed by atoms with Crippen LogP contribution < -0.4 is 10.1 Å². The van der Waals surface area contributed by atoms with E-state index in [4.69, 9.17) is 9.26 Å². The summed E-state index contributed by atoms with van der Waals surface area (Å²) < 4.78 is 10.2. The maximum Gasteiger partial charge on any atom is 0.150 e. The quantitative estimate of drug-likeness (QED) is 0.859. The van der Waals surface area contributed by atoms with Gasteiger partial charge < -0.3 is 14.6 Å². The zero-order chi connectivity index (χ0) is 12.1. The third-order valence-corrected chi connectivity index (χ3v) is 2.58. The SMILES string of the molecule is COc1ccc(CNCc2ccno2)cc1C. The second kappa shape index (κ2) is 5.50. The molecule has 1 N–H and O–H groups in total. The summed E-state index contributed by atoms with van der Waals surface area (Å²) in [5.41, 5.74) is 2.37. The summed E-state index contributed by atoms with van der Waals surface area (Å²) >= 11 is 0. The van der Waals surface area contributed by atoms with Crippen LogP contribution in [0.1, 0.15) is 16.9 Å². The van der Waals surface area contributed by atoms with E-state index in [0.29, 0.717) is 6.54 Å². The van der Waals surface area contributed by atoms with Crippen LogP contribution in [-0.4, -0.2) is 12.3 Å². The number of hydrogen-bond acceptors (Lipinski definition) is 4. The Balaban J connectivity index is 1.89. The molecule has 0 saturated heterocycles. The number of aromatic nitrogens is 1. The van der Waals surface area contributed by atoms with Crippen molar-refractivity contribution in [2.75, 3.05) is 7.11 Å². The van der Waals surface area contributed by atoms with Gasteiger partial charge in [-0.2, -0.15) is 0 Å². The lowest BCUT2D eigenvalue weighted by Gasteiger charge is -2.07. The minimum absolute atomic E-state index is 0.686. The Bertz CT molecular complexity index is 466. The van der Waals surface area contributed by atoms with Gasteiger partial charge in [0.2, 0.25) is 0 Å². The Morgan fingerprint density at radius 1 is 1.29 bits per heavy atom. The molecule has 2 aromatic rings. The van der Waals surface area contributed by atoms with E-state index < -0.39 is 0 Å². The van der Waals surface area contributed by atoms with Crippen LogP contribution in [0.4, 0.5) is 0 Å². The number of nitrogens with zero attached hydrogens (tertiary/aromatic N) is 1. The molecule has 1 aromatic heterocycles. The molecule has 4 nitrogen and oxygen atoms in total. The standard InChI is InChI=1S/C13H16N2O2/c1-10-7-11(3-4-13(10)16-2)8-14-9-12-5-6-15-17-12/h3-7,14H,8-9H2,1-2H3. The number of hydrogen-bond donors (Lipinski definition) is 1. The first-order valence-corrected chi connectivity index (χ1v) is 5.53. The van der Waals surface area contributed by atoms with Crippen molar-refractivity contribution < 1.29 is 9.26 Å². The Labute approximate surface area is 101 Å². The molecule has 0 aliphatic rings. The predicted octanol–water partition coefficient (Wildman–Crippen LogP) is 2.28. The summed E-state index contributed by atoms with van der Waals surface area (Å²) in [7, 11) is 1.68. The van der Waals surface area contributed by atoms with Crippen molar-refractivity contribution in [3.05, 3.63) is 47.3 Å². The molecule has 0 radical (unpaired) electrons. The maximum atomic E-state index is 5.22.